The fraction of sp³-hybridized carbons (Fsp3) is 0.364. The zero-order valence-electron chi connectivity index (χ0n) is 8.69. The quantitative estimate of drug-likeness (QED) is 0.639. The summed E-state index contributed by atoms with van der Waals surface area (Å²) in [5.74, 6) is 3.51. The van der Waals surface area contributed by atoms with Gasteiger partial charge in [0.15, 0.2) is 5.16 Å². The molecule has 0 aliphatic carbocycles. The molecule has 80 valence electrons. The third kappa shape index (κ3) is 2.92. The number of benzene rings is 1. The van der Waals surface area contributed by atoms with Crippen molar-refractivity contribution in [2.45, 2.75) is 12.1 Å². The summed E-state index contributed by atoms with van der Waals surface area (Å²) in [6.07, 6.45) is 0. The molecule has 0 aliphatic heterocycles. The second-order valence-electron chi connectivity index (χ2n) is 3.10. The van der Waals surface area contributed by atoms with Gasteiger partial charge in [-0.2, -0.15) is 11.8 Å². The number of fused-ring (bicyclic) bond motifs is 1. The highest BCUT2D eigenvalue weighted by Crippen LogP contribution is 2.19. The van der Waals surface area contributed by atoms with Gasteiger partial charge in [0.25, 0.3) is 0 Å². The van der Waals surface area contributed by atoms with Crippen LogP contribution < -0.4 is 0 Å². The molecule has 0 aliphatic rings. The van der Waals surface area contributed by atoms with Crippen molar-refractivity contribution in [1.29, 1.82) is 0 Å². The first-order chi connectivity index (χ1) is 7.40. The van der Waals surface area contributed by atoms with E-state index in [2.05, 4.69) is 23.0 Å². The van der Waals surface area contributed by atoms with Crippen LogP contribution in [0.15, 0.2) is 29.4 Å². The molecule has 2 rings (SSSR count). The summed E-state index contributed by atoms with van der Waals surface area (Å²) >= 11 is 3.77. The molecule has 0 atom stereocenters. The largest absolute Gasteiger partial charge is 0.333 e. The Balaban J connectivity index is 1.97. The molecule has 0 saturated carbocycles. The third-order valence-electron chi connectivity index (χ3n) is 2.04. The van der Waals surface area contributed by atoms with Crippen molar-refractivity contribution in [3.8, 4) is 0 Å². The predicted molar refractivity (Wildman–Crippen MR) is 69.8 cm³/mol. The molecule has 1 N–H and O–H groups in total. The van der Waals surface area contributed by atoms with Gasteiger partial charge in [0.2, 0.25) is 0 Å². The topological polar surface area (TPSA) is 28.7 Å². The SMILES string of the molecule is CCSCCSc1nc2ccccc2[nH]1. The van der Waals surface area contributed by atoms with Crippen LogP contribution in [-0.4, -0.2) is 27.2 Å². The Labute approximate surface area is 98.2 Å². The lowest BCUT2D eigenvalue weighted by molar-refractivity contribution is 1.08. The van der Waals surface area contributed by atoms with Crippen LogP contribution in [0.4, 0.5) is 0 Å². The van der Waals surface area contributed by atoms with E-state index < -0.39 is 0 Å². The average Bonchev–Trinajstić information content (AvgIpc) is 2.67. The smallest absolute Gasteiger partial charge is 0.166 e. The van der Waals surface area contributed by atoms with Crippen molar-refractivity contribution in [1.82, 2.24) is 9.97 Å². The first-order valence-electron chi connectivity index (χ1n) is 5.05. The summed E-state index contributed by atoms with van der Waals surface area (Å²) in [6, 6.07) is 8.15. The minimum absolute atomic E-state index is 1.04. The summed E-state index contributed by atoms with van der Waals surface area (Å²) in [5, 5.41) is 1.04. The number of nitrogens with zero attached hydrogens (tertiary/aromatic N) is 1. The van der Waals surface area contributed by atoms with Crippen LogP contribution in [0.1, 0.15) is 6.92 Å². The number of thioether (sulfide) groups is 2. The molecule has 0 fully saturated rings. The van der Waals surface area contributed by atoms with E-state index in [9.17, 15) is 0 Å². The van der Waals surface area contributed by atoms with Crippen molar-refractivity contribution in [3.05, 3.63) is 24.3 Å². The maximum absolute atomic E-state index is 4.51. The summed E-state index contributed by atoms with van der Waals surface area (Å²) in [4.78, 5) is 7.82. The van der Waals surface area contributed by atoms with Crippen LogP contribution in [0.25, 0.3) is 11.0 Å². The Morgan fingerprint density at radius 3 is 2.93 bits per heavy atom. The molecule has 2 aromatic rings. The van der Waals surface area contributed by atoms with E-state index in [0.717, 1.165) is 21.9 Å². The van der Waals surface area contributed by atoms with Crippen LogP contribution in [0, 0.1) is 0 Å². The van der Waals surface area contributed by atoms with Gasteiger partial charge in [0.1, 0.15) is 0 Å². The Hall–Kier alpha value is -0.610. The number of nitrogens with one attached hydrogen (secondary N) is 1. The Morgan fingerprint density at radius 1 is 1.27 bits per heavy atom. The fourth-order valence-corrected chi connectivity index (χ4v) is 2.97. The summed E-state index contributed by atoms with van der Waals surface area (Å²) < 4.78 is 0. The summed E-state index contributed by atoms with van der Waals surface area (Å²) in [6.45, 7) is 2.19. The molecule has 0 spiro atoms. The van der Waals surface area contributed by atoms with E-state index in [4.69, 9.17) is 0 Å². The zero-order valence-corrected chi connectivity index (χ0v) is 10.3. The van der Waals surface area contributed by atoms with Crippen LogP contribution in [0.2, 0.25) is 0 Å². The molecule has 1 aromatic heterocycles. The normalized spacial score (nSPS) is 11.0. The monoisotopic (exact) mass is 238 g/mol. The van der Waals surface area contributed by atoms with E-state index in [-0.39, 0.29) is 0 Å². The van der Waals surface area contributed by atoms with Gasteiger partial charge in [0, 0.05) is 11.5 Å². The number of para-hydroxylation sites is 2. The van der Waals surface area contributed by atoms with E-state index >= 15 is 0 Å². The Morgan fingerprint density at radius 2 is 2.13 bits per heavy atom. The maximum Gasteiger partial charge on any atom is 0.166 e. The predicted octanol–water partition coefficient (Wildman–Crippen LogP) is 3.41. The summed E-state index contributed by atoms with van der Waals surface area (Å²) in [7, 11) is 0. The molecule has 1 aromatic carbocycles. The van der Waals surface area contributed by atoms with Crippen LogP contribution in [0.3, 0.4) is 0 Å². The molecular weight excluding hydrogens is 224 g/mol. The van der Waals surface area contributed by atoms with Gasteiger partial charge in [-0.15, -0.1) is 0 Å². The average molecular weight is 238 g/mol. The van der Waals surface area contributed by atoms with Crippen molar-refractivity contribution >= 4 is 34.6 Å². The van der Waals surface area contributed by atoms with Gasteiger partial charge >= 0.3 is 0 Å². The van der Waals surface area contributed by atoms with Crippen LogP contribution >= 0.6 is 23.5 Å². The van der Waals surface area contributed by atoms with Gasteiger partial charge in [-0.05, 0) is 17.9 Å². The molecule has 0 saturated heterocycles. The van der Waals surface area contributed by atoms with Crippen LogP contribution in [-0.2, 0) is 0 Å². The number of hydrogen-bond donors (Lipinski definition) is 1. The van der Waals surface area contributed by atoms with Gasteiger partial charge in [-0.1, -0.05) is 30.8 Å². The second-order valence-corrected chi connectivity index (χ2v) is 5.58. The number of rotatable bonds is 5. The number of imidazole rings is 1. The molecule has 2 nitrogen and oxygen atoms in total. The van der Waals surface area contributed by atoms with Gasteiger partial charge in [-0.3, -0.25) is 0 Å². The zero-order chi connectivity index (χ0) is 10.5. The molecule has 15 heavy (non-hydrogen) atoms. The maximum atomic E-state index is 4.51. The van der Waals surface area contributed by atoms with Crippen molar-refractivity contribution in [2.24, 2.45) is 0 Å². The van der Waals surface area contributed by atoms with E-state index in [1.165, 1.54) is 11.5 Å². The highest BCUT2D eigenvalue weighted by atomic mass is 32.2. The Bertz CT molecular complexity index is 392. The first-order valence-corrected chi connectivity index (χ1v) is 7.19. The van der Waals surface area contributed by atoms with Gasteiger partial charge in [0.05, 0.1) is 11.0 Å². The lowest BCUT2D eigenvalue weighted by Gasteiger charge is -1.95. The fourth-order valence-electron chi connectivity index (χ4n) is 1.34. The van der Waals surface area contributed by atoms with Crippen molar-refractivity contribution < 1.29 is 0 Å². The highest BCUT2D eigenvalue weighted by Gasteiger charge is 2.01. The third-order valence-corrected chi connectivity index (χ3v) is 4.07. The minimum atomic E-state index is 1.04. The molecule has 0 radical (unpaired) electrons. The molecule has 0 amide bonds. The molecular formula is C11H14N2S2. The lowest BCUT2D eigenvalue weighted by atomic mass is 10.3. The number of hydrogen-bond acceptors (Lipinski definition) is 3. The second kappa shape index (κ2) is 5.47. The molecule has 0 bridgehead atoms. The van der Waals surface area contributed by atoms with Crippen molar-refractivity contribution in [3.63, 3.8) is 0 Å². The van der Waals surface area contributed by atoms with Gasteiger partial charge < -0.3 is 4.98 Å². The molecule has 1 heterocycles. The minimum Gasteiger partial charge on any atom is -0.333 e. The van der Waals surface area contributed by atoms with Gasteiger partial charge in [-0.25, -0.2) is 4.98 Å². The molecule has 4 heteroatoms. The highest BCUT2D eigenvalue weighted by molar-refractivity contribution is 8.02. The summed E-state index contributed by atoms with van der Waals surface area (Å²) in [5.41, 5.74) is 2.19. The molecule has 0 unspecified atom stereocenters. The Kier molecular flexibility index (Phi) is 3.97. The number of aromatic nitrogens is 2. The lowest BCUT2D eigenvalue weighted by Crippen LogP contribution is -1.85. The number of H-pyrrole nitrogens is 1. The van der Waals surface area contributed by atoms with Crippen LogP contribution in [0.5, 0.6) is 0 Å². The van der Waals surface area contributed by atoms with E-state index in [1.54, 1.807) is 11.8 Å². The van der Waals surface area contributed by atoms with E-state index in [0.29, 0.717) is 0 Å². The van der Waals surface area contributed by atoms with Crippen molar-refractivity contribution in [2.75, 3.05) is 17.3 Å². The van der Waals surface area contributed by atoms with E-state index in [1.807, 2.05) is 30.0 Å². The first kappa shape index (κ1) is 10.9. The number of aromatic amines is 1. The standard InChI is InChI=1S/C11H14N2S2/c1-2-14-7-8-15-11-12-9-5-3-4-6-10(9)13-11/h3-6H,2,7-8H2,1H3,(H,12,13).